The number of carboxylic acid groups (broad SMARTS) is 1. The molecule has 5 heteroatoms. The van der Waals surface area contributed by atoms with Gasteiger partial charge in [0.1, 0.15) is 11.6 Å². The number of rotatable bonds is 7. The van der Waals surface area contributed by atoms with Crippen LogP contribution in [0.4, 0.5) is 4.39 Å². The first-order valence-corrected chi connectivity index (χ1v) is 13.0. The van der Waals surface area contributed by atoms with E-state index in [0.717, 1.165) is 36.2 Å². The van der Waals surface area contributed by atoms with Crippen LogP contribution in [0.1, 0.15) is 93.0 Å². The molecule has 33 heavy (non-hydrogen) atoms. The fourth-order valence-electron chi connectivity index (χ4n) is 8.40. The van der Waals surface area contributed by atoms with Gasteiger partial charge in [-0.05, 0) is 105 Å². The molecule has 1 aromatic carbocycles. The summed E-state index contributed by atoms with van der Waals surface area (Å²) >= 11 is 0. The lowest BCUT2D eigenvalue weighted by Crippen LogP contribution is -2.48. The maximum Gasteiger partial charge on any atom is 0.307 e. The number of carboxylic acids is 1. The monoisotopic (exact) mass is 454 g/mol. The van der Waals surface area contributed by atoms with Crippen molar-refractivity contribution < 1.29 is 23.8 Å². The molecule has 4 bridgehead atoms. The summed E-state index contributed by atoms with van der Waals surface area (Å²) in [5.41, 5.74) is 1.25. The first-order valence-electron chi connectivity index (χ1n) is 13.0. The molecule has 4 nitrogen and oxygen atoms in total. The van der Waals surface area contributed by atoms with Crippen LogP contribution in [-0.2, 0) is 4.79 Å². The Kier molecular flexibility index (Phi) is 5.12. The van der Waals surface area contributed by atoms with E-state index in [0.29, 0.717) is 31.1 Å². The quantitative estimate of drug-likeness (QED) is 0.496. The predicted molar refractivity (Wildman–Crippen MR) is 122 cm³/mol. The van der Waals surface area contributed by atoms with Crippen molar-refractivity contribution >= 4 is 11.8 Å². The summed E-state index contributed by atoms with van der Waals surface area (Å²) in [6.07, 6.45) is 11.2. The van der Waals surface area contributed by atoms with Crippen LogP contribution >= 0.6 is 0 Å². The molecule has 6 fully saturated rings. The second kappa shape index (κ2) is 7.81. The van der Waals surface area contributed by atoms with Gasteiger partial charge in [-0.3, -0.25) is 9.59 Å². The van der Waals surface area contributed by atoms with E-state index in [9.17, 15) is 14.7 Å². The number of hydrogen-bond donors (Lipinski definition) is 1. The second-order valence-corrected chi connectivity index (χ2v) is 12.2. The van der Waals surface area contributed by atoms with Gasteiger partial charge < -0.3 is 9.84 Å². The lowest BCUT2D eigenvalue weighted by atomic mass is 9.50. The Morgan fingerprint density at radius 2 is 1.67 bits per heavy atom. The van der Waals surface area contributed by atoms with Crippen molar-refractivity contribution in [3.8, 4) is 5.75 Å². The van der Waals surface area contributed by atoms with Gasteiger partial charge in [0.25, 0.3) is 0 Å². The summed E-state index contributed by atoms with van der Waals surface area (Å²) in [5, 5.41) is 9.64. The molecular weight excluding hydrogens is 419 g/mol. The van der Waals surface area contributed by atoms with Crippen molar-refractivity contribution in [2.45, 2.75) is 77.0 Å². The van der Waals surface area contributed by atoms with Crippen molar-refractivity contribution in [3.05, 3.63) is 29.1 Å². The van der Waals surface area contributed by atoms with Gasteiger partial charge in [-0.25, -0.2) is 4.39 Å². The Bertz CT molecular complexity index is 945. The van der Waals surface area contributed by atoms with Crippen molar-refractivity contribution in [3.63, 3.8) is 0 Å². The first-order chi connectivity index (χ1) is 15.8. The number of Topliss-reactive ketones (excluding diaryl/α,β-unsaturated/α-hetero) is 1. The molecule has 178 valence electrons. The van der Waals surface area contributed by atoms with E-state index in [1.807, 2.05) is 6.92 Å². The largest absolute Gasteiger partial charge is 0.493 e. The Labute approximate surface area is 195 Å². The van der Waals surface area contributed by atoms with Gasteiger partial charge >= 0.3 is 5.97 Å². The fraction of sp³-hybridized carbons (Fsp3) is 0.714. The Balaban J connectivity index is 1.24. The third-order valence-electron chi connectivity index (χ3n) is 9.68. The highest BCUT2D eigenvalue weighted by Gasteiger charge is 2.51. The summed E-state index contributed by atoms with van der Waals surface area (Å²) in [5.74, 6) is 0.167. The summed E-state index contributed by atoms with van der Waals surface area (Å²) in [7, 11) is 0. The van der Waals surface area contributed by atoms with Gasteiger partial charge in [0, 0.05) is 17.4 Å². The zero-order valence-corrected chi connectivity index (χ0v) is 19.5. The summed E-state index contributed by atoms with van der Waals surface area (Å²) in [6.45, 7) is 2.53. The molecule has 1 aromatic rings. The normalized spacial score (nSPS) is 39.1. The van der Waals surface area contributed by atoms with E-state index in [-0.39, 0.29) is 22.7 Å². The van der Waals surface area contributed by atoms with Crippen molar-refractivity contribution in [1.82, 2.24) is 0 Å². The number of carbonyl (C=O) groups excluding carboxylic acids is 1. The Morgan fingerprint density at radius 3 is 2.24 bits per heavy atom. The minimum Gasteiger partial charge on any atom is -0.493 e. The van der Waals surface area contributed by atoms with E-state index < -0.39 is 23.6 Å². The van der Waals surface area contributed by atoms with Gasteiger partial charge in [0.05, 0.1) is 18.1 Å². The van der Waals surface area contributed by atoms with E-state index in [1.165, 1.54) is 44.6 Å². The highest BCUT2D eigenvalue weighted by molar-refractivity contribution is 6.00. The van der Waals surface area contributed by atoms with Crippen LogP contribution in [0, 0.1) is 46.7 Å². The smallest absolute Gasteiger partial charge is 0.307 e. The van der Waals surface area contributed by atoms with Crippen LogP contribution in [0.5, 0.6) is 5.75 Å². The number of hydrogen-bond acceptors (Lipinski definition) is 3. The lowest BCUT2D eigenvalue weighted by Gasteiger charge is -2.56. The molecule has 1 N–H and O–H groups in total. The molecule has 0 aromatic heterocycles. The maximum atomic E-state index is 15.3. The van der Waals surface area contributed by atoms with Crippen LogP contribution < -0.4 is 4.74 Å². The predicted octanol–water partition coefficient (Wildman–Crippen LogP) is 6.23. The van der Waals surface area contributed by atoms with Crippen molar-refractivity contribution in [2.75, 3.05) is 6.61 Å². The van der Waals surface area contributed by atoms with E-state index in [1.54, 1.807) is 6.07 Å². The molecule has 0 aliphatic heterocycles. The molecule has 6 saturated carbocycles. The molecule has 0 amide bonds. The highest BCUT2D eigenvalue weighted by Crippen LogP contribution is 2.60. The van der Waals surface area contributed by atoms with E-state index in [2.05, 4.69) is 0 Å². The van der Waals surface area contributed by atoms with Crippen LogP contribution in [0.15, 0.2) is 12.1 Å². The molecule has 0 radical (unpaired) electrons. The standard InChI is InChI=1S/C28H35FO4/c1-15-2-5-20(25(15)27(31)32)26(30)22-9-21(19-3-4-19)24(10-23(22)29)33-14-28-11-16-6-17(12-28)8-18(7-16)13-28/h9-10,15-20,25H,2-8,11-14H2,1H3,(H,31,32)/t15-,16?,17?,18?,20+,25+,28?/m0/s1. The molecule has 0 unspecified atom stereocenters. The average Bonchev–Trinajstić information content (AvgIpc) is 3.51. The molecule has 0 heterocycles. The number of ether oxygens (including phenoxy) is 1. The number of carbonyl (C=O) groups is 2. The fourth-order valence-corrected chi connectivity index (χ4v) is 8.40. The number of halogens is 1. The summed E-state index contributed by atoms with van der Waals surface area (Å²) < 4.78 is 21.7. The second-order valence-electron chi connectivity index (χ2n) is 12.2. The van der Waals surface area contributed by atoms with E-state index >= 15 is 4.39 Å². The zero-order valence-electron chi connectivity index (χ0n) is 19.5. The number of benzene rings is 1. The van der Waals surface area contributed by atoms with Crippen LogP contribution in [0.2, 0.25) is 0 Å². The molecule has 0 saturated heterocycles. The van der Waals surface area contributed by atoms with E-state index in [4.69, 9.17) is 4.74 Å². The summed E-state index contributed by atoms with van der Waals surface area (Å²) in [6, 6.07) is 3.13. The minimum atomic E-state index is -0.947. The van der Waals surface area contributed by atoms with Crippen molar-refractivity contribution in [1.29, 1.82) is 0 Å². The topological polar surface area (TPSA) is 63.6 Å². The van der Waals surface area contributed by atoms with Gasteiger partial charge in [-0.15, -0.1) is 0 Å². The number of aliphatic carboxylic acids is 1. The molecule has 7 rings (SSSR count). The van der Waals surface area contributed by atoms with Gasteiger partial charge in [0.15, 0.2) is 5.78 Å². The highest BCUT2D eigenvalue weighted by atomic mass is 19.1. The number of ketones is 1. The van der Waals surface area contributed by atoms with Gasteiger partial charge in [0.2, 0.25) is 0 Å². The van der Waals surface area contributed by atoms with Crippen LogP contribution in [0.25, 0.3) is 0 Å². The van der Waals surface area contributed by atoms with Gasteiger partial charge in [-0.1, -0.05) is 6.92 Å². The first kappa shape index (κ1) is 21.6. The Hall–Kier alpha value is -1.91. The average molecular weight is 455 g/mol. The lowest BCUT2D eigenvalue weighted by molar-refractivity contribution is -0.143. The zero-order chi connectivity index (χ0) is 22.9. The van der Waals surface area contributed by atoms with Gasteiger partial charge in [-0.2, -0.15) is 0 Å². The molecule has 6 aliphatic carbocycles. The molecule has 3 atom stereocenters. The molecule has 0 spiro atoms. The third-order valence-corrected chi connectivity index (χ3v) is 9.68. The third kappa shape index (κ3) is 3.80. The maximum absolute atomic E-state index is 15.3. The van der Waals surface area contributed by atoms with Crippen LogP contribution in [0.3, 0.4) is 0 Å². The molecule has 6 aliphatic rings. The molecular formula is C28H35FO4. The SMILES string of the molecule is C[C@H]1CC[C@@H](C(=O)c2cc(C3CC3)c(OCC34CC5CC(CC(C5)C3)C4)cc2F)[C@@H]1C(=O)O. The Morgan fingerprint density at radius 1 is 1.03 bits per heavy atom. The summed E-state index contributed by atoms with van der Waals surface area (Å²) in [4.78, 5) is 25.0. The van der Waals surface area contributed by atoms with Crippen LogP contribution in [-0.4, -0.2) is 23.5 Å². The van der Waals surface area contributed by atoms with Crippen molar-refractivity contribution in [2.24, 2.45) is 40.9 Å². The minimum absolute atomic E-state index is 0.0596.